The van der Waals surface area contributed by atoms with Crippen LogP contribution in [0.4, 0.5) is 13.2 Å². The highest BCUT2D eigenvalue weighted by Gasteiger charge is 2.35. The van der Waals surface area contributed by atoms with Gasteiger partial charge in [-0.15, -0.1) is 5.10 Å². The molecule has 0 radical (unpaired) electrons. The maximum atomic E-state index is 12.9. The van der Waals surface area contributed by atoms with E-state index in [9.17, 15) is 13.2 Å². The molecule has 124 valence electrons. The molecular weight excluding hydrogens is 339 g/mol. The van der Waals surface area contributed by atoms with Gasteiger partial charge in [-0.2, -0.15) is 13.2 Å². The molecule has 0 saturated heterocycles. The molecule has 9 heteroatoms. The lowest BCUT2D eigenvalue weighted by atomic mass is 10.2. The molecule has 2 heterocycles. The van der Waals surface area contributed by atoms with E-state index in [2.05, 4.69) is 25.1 Å². The number of rotatable bonds is 3. The first-order chi connectivity index (χ1) is 11.3. The van der Waals surface area contributed by atoms with Gasteiger partial charge in [-0.25, -0.2) is 15.0 Å². The smallest absolute Gasteiger partial charge is 0.258 e. The van der Waals surface area contributed by atoms with E-state index in [0.717, 1.165) is 17.3 Å². The summed E-state index contributed by atoms with van der Waals surface area (Å²) in [6.45, 7) is 3.19. The van der Waals surface area contributed by atoms with E-state index in [4.69, 9.17) is 0 Å². The maximum Gasteiger partial charge on any atom is 0.451 e. The van der Waals surface area contributed by atoms with Crippen LogP contribution in [0.15, 0.2) is 40.5 Å². The molecule has 3 aromatic rings. The molecule has 0 spiro atoms. The minimum absolute atomic E-state index is 0.188. The summed E-state index contributed by atoms with van der Waals surface area (Å²) in [5.41, 5.74) is 1.68. The molecule has 0 fully saturated rings. The molecule has 0 atom stereocenters. The van der Waals surface area contributed by atoms with Crippen molar-refractivity contribution in [3.63, 3.8) is 0 Å². The Labute approximate surface area is 139 Å². The normalized spacial score (nSPS) is 11.7. The molecule has 0 aliphatic rings. The highest BCUT2D eigenvalue weighted by atomic mass is 32.2. The van der Waals surface area contributed by atoms with Crippen LogP contribution in [-0.2, 0) is 6.18 Å². The Hall–Kier alpha value is -2.42. The van der Waals surface area contributed by atoms with Gasteiger partial charge < -0.3 is 0 Å². The molecule has 0 unspecified atom stereocenters. The first-order valence-electron chi connectivity index (χ1n) is 6.92. The van der Waals surface area contributed by atoms with E-state index in [-0.39, 0.29) is 10.7 Å². The van der Waals surface area contributed by atoms with Gasteiger partial charge in [-0.1, -0.05) is 30.3 Å². The van der Waals surface area contributed by atoms with Gasteiger partial charge in [0.1, 0.15) is 5.03 Å². The molecule has 0 aliphatic carbocycles. The van der Waals surface area contributed by atoms with Gasteiger partial charge >= 0.3 is 6.18 Å². The summed E-state index contributed by atoms with van der Waals surface area (Å²) in [5.74, 6) is -0.621. The van der Waals surface area contributed by atoms with E-state index in [1.54, 1.807) is 6.92 Å². The van der Waals surface area contributed by atoms with Crippen LogP contribution in [-0.4, -0.2) is 25.1 Å². The predicted octanol–water partition coefficient (Wildman–Crippen LogP) is 4.05. The zero-order valence-corrected chi connectivity index (χ0v) is 13.5. The SMILES string of the molecule is Cc1nc(C(F)(F)F)nc(Sc2n[nH]c(-c3ccccc3)n2)c1C. The topological polar surface area (TPSA) is 67.3 Å². The highest BCUT2D eigenvalue weighted by Crippen LogP contribution is 2.32. The van der Waals surface area contributed by atoms with E-state index in [0.29, 0.717) is 16.5 Å². The van der Waals surface area contributed by atoms with Crippen molar-refractivity contribution in [2.75, 3.05) is 0 Å². The number of hydrogen-bond donors (Lipinski definition) is 1. The van der Waals surface area contributed by atoms with Crippen molar-refractivity contribution in [1.82, 2.24) is 25.1 Å². The number of aromatic amines is 1. The van der Waals surface area contributed by atoms with Crippen LogP contribution in [0.3, 0.4) is 0 Å². The third-order valence-corrected chi connectivity index (χ3v) is 4.25. The molecule has 2 aromatic heterocycles. The molecule has 3 rings (SSSR count). The van der Waals surface area contributed by atoms with Gasteiger partial charge in [-0.05, 0) is 25.6 Å². The Morgan fingerprint density at radius 1 is 1.00 bits per heavy atom. The van der Waals surface area contributed by atoms with Gasteiger partial charge in [0.2, 0.25) is 11.0 Å². The Morgan fingerprint density at radius 3 is 2.38 bits per heavy atom. The molecule has 0 bridgehead atoms. The Morgan fingerprint density at radius 2 is 1.71 bits per heavy atom. The van der Waals surface area contributed by atoms with E-state index in [1.165, 1.54) is 6.92 Å². The third-order valence-electron chi connectivity index (χ3n) is 3.30. The van der Waals surface area contributed by atoms with E-state index >= 15 is 0 Å². The molecule has 0 saturated carbocycles. The minimum atomic E-state index is -4.60. The number of halogens is 3. The second-order valence-electron chi connectivity index (χ2n) is 5.00. The second-order valence-corrected chi connectivity index (χ2v) is 5.95. The van der Waals surface area contributed by atoms with Gasteiger partial charge in [0, 0.05) is 16.8 Å². The number of benzene rings is 1. The Balaban J connectivity index is 1.92. The molecule has 0 amide bonds. The van der Waals surface area contributed by atoms with E-state index < -0.39 is 12.0 Å². The predicted molar refractivity (Wildman–Crippen MR) is 82.4 cm³/mol. The third kappa shape index (κ3) is 3.40. The summed E-state index contributed by atoms with van der Waals surface area (Å²) in [4.78, 5) is 11.4. The van der Waals surface area contributed by atoms with Crippen molar-refractivity contribution in [1.29, 1.82) is 0 Å². The summed E-state index contributed by atoms with van der Waals surface area (Å²) < 4.78 is 38.6. The zero-order valence-electron chi connectivity index (χ0n) is 12.7. The number of H-pyrrole nitrogens is 1. The van der Waals surface area contributed by atoms with Crippen molar-refractivity contribution in [2.45, 2.75) is 30.2 Å². The lowest BCUT2D eigenvalue weighted by Gasteiger charge is -2.10. The van der Waals surface area contributed by atoms with Crippen molar-refractivity contribution >= 4 is 11.8 Å². The largest absolute Gasteiger partial charge is 0.451 e. The van der Waals surface area contributed by atoms with Crippen LogP contribution in [0, 0.1) is 13.8 Å². The molecular formula is C15H12F3N5S. The van der Waals surface area contributed by atoms with Crippen molar-refractivity contribution in [3.05, 3.63) is 47.4 Å². The fourth-order valence-electron chi connectivity index (χ4n) is 1.93. The van der Waals surface area contributed by atoms with Crippen LogP contribution in [0.2, 0.25) is 0 Å². The number of nitrogens with one attached hydrogen (secondary N) is 1. The van der Waals surface area contributed by atoms with E-state index in [1.807, 2.05) is 30.3 Å². The molecule has 0 aliphatic heterocycles. The van der Waals surface area contributed by atoms with Crippen molar-refractivity contribution in [3.8, 4) is 11.4 Å². The fourth-order valence-corrected chi connectivity index (χ4v) is 2.77. The number of hydrogen-bond acceptors (Lipinski definition) is 5. The standard InChI is InChI=1S/C15H12F3N5S/c1-8-9(2)19-13(15(16,17)18)21-12(8)24-14-20-11(22-23-14)10-6-4-3-5-7-10/h3-7H,1-2H3,(H,20,22,23). The monoisotopic (exact) mass is 351 g/mol. The van der Waals surface area contributed by atoms with Gasteiger partial charge in [0.25, 0.3) is 0 Å². The first kappa shape index (κ1) is 16.4. The number of aromatic nitrogens is 5. The zero-order chi connectivity index (χ0) is 17.3. The Bertz CT molecular complexity index is 861. The van der Waals surface area contributed by atoms with Crippen LogP contribution >= 0.6 is 11.8 Å². The van der Waals surface area contributed by atoms with Crippen molar-refractivity contribution in [2.24, 2.45) is 0 Å². The van der Waals surface area contributed by atoms with Crippen LogP contribution in [0.25, 0.3) is 11.4 Å². The number of nitrogens with zero attached hydrogens (tertiary/aromatic N) is 4. The number of aryl methyl sites for hydroxylation is 1. The fraction of sp³-hybridized carbons (Fsp3) is 0.200. The molecule has 1 N–H and O–H groups in total. The van der Waals surface area contributed by atoms with Gasteiger partial charge in [-0.3, -0.25) is 5.10 Å². The van der Waals surface area contributed by atoms with Gasteiger partial charge in [0.05, 0.1) is 0 Å². The highest BCUT2D eigenvalue weighted by molar-refractivity contribution is 7.99. The van der Waals surface area contributed by atoms with Crippen LogP contribution in [0.5, 0.6) is 0 Å². The summed E-state index contributed by atoms with van der Waals surface area (Å²) >= 11 is 0.970. The average Bonchev–Trinajstić information content (AvgIpc) is 3.00. The lowest BCUT2D eigenvalue weighted by Crippen LogP contribution is -2.13. The molecule has 1 aromatic carbocycles. The molecule has 5 nitrogen and oxygen atoms in total. The quantitative estimate of drug-likeness (QED) is 0.721. The van der Waals surface area contributed by atoms with Crippen molar-refractivity contribution < 1.29 is 13.2 Å². The van der Waals surface area contributed by atoms with Crippen LogP contribution < -0.4 is 0 Å². The summed E-state index contributed by atoms with van der Waals surface area (Å²) in [7, 11) is 0. The maximum absolute atomic E-state index is 12.9. The first-order valence-corrected chi connectivity index (χ1v) is 7.74. The summed E-state index contributed by atoms with van der Waals surface area (Å²) in [6, 6.07) is 9.31. The second kappa shape index (κ2) is 6.23. The van der Waals surface area contributed by atoms with Gasteiger partial charge in [0.15, 0.2) is 5.82 Å². The minimum Gasteiger partial charge on any atom is -0.258 e. The summed E-state index contributed by atoms with van der Waals surface area (Å²) in [6.07, 6.45) is -4.60. The van der Waals surface area contributed by atoms with Crippen LogP contribution in [0.1, 0.15) is 17.1 Å². The number of alkyl halides is 3. The molecule has 24 heavy (non-hydrogen) atoms. The summed E-state index contributed by atoms with van der Waals surface area (Å²) in [5, 5.41) is 7.29. The lowest BCUT2D eigenvalue weighted by molar-refractivity contribution is -0.145. The average molecular weight is 351 g/mol. The Kier molecular flexibility index (Phi) is 4.27.